The number of halogens is 1. The standard InChI is InChI=1S/C15H20FN3O3S/c16-6-12(7-17)9-22-14-3-2-13(8-18-14)23(20,21)19-10-15(11-19)4-1-5-15/h2-3,6,8H,1,4-5,7,9-11,17H2/b12-6+. The van der Waals surface area contributed by atoms with Crippen molar-refractivity contribution in [1.29, 1.82) is 0 Å². The van der Waals surface area contributed by atoms with Gasteiger partial charge in [-0.2, -0.15) is 4.31 Å². The molecule has 1 aromatic rings. The Balaban J connectivity index is 1.62. The molecule has 1 aliphatic carbocycles. The van der Waals surface area contributed by atoms with Crippen molar-refractivity contribution < 1.29 is 17.5 Å². The third-order valence-electron chi connectivity index (χ3n) is 4.61. The molecule has 126 valence electrons. The molecule has 0 amide bonds. The van der Waals surface area contributed by atoms with Crippen molar-refractivity contribution >= 4 is 10.0 Å². The van der Waals surface area contributed by atoms with Gasteiger partial charge in [-0.15, -0.1) is 0 Å². The van der Waals surface area contributed by atoms with E-state index in [-0.39, 0.29) is 29.3 Å². The maximum Gasteiger partial charge on any atom is 0.244 e. The Bertz CT molecular complexity index is 691. The summed E-state index contributed by atoms with van der Waals surface area (Å²) in [7, 11) is -3.48. The first-order valence-corrected chi connectivity index (χ1v) is 9.00. The lowest BCUT2D eigenvalue weighted by Crippen LogP contribution is -2.61. The zero-order valence-electron chi connectivity index (χ0n) is 12.7. The molecule has 1 spiro atoms. The molecule has 6 nitrogen and oxygen atoms in total. The maximum atomic E-state index is 12.5. The van der Waals surface area contributed by atoms with Gasteiger partial charge in [-0.25, -0.2) is 17.8 Å². The number of nitrogens with two attached hydrogens (primary N) is 1. The van der Waals surface area contributed by atoms with Crippen molar-refractivity contribution in [2.24, 2.45) is 11.1 Å². The van der Waals surface area contributed by atoms with E-state index < -0.39 is 10.0 Å². The molecule has 1 saturated carbocycles. The predicted molar refractivity (Wildman–Crippen MR) is 83.0 cm³/mol. The van der Waals surface area contributed by atoms with Crippen molar-refractivity contribution in [1.82, 2.24) is 9.29 Å². The molecule has 0 radical (unpaired) electrons. The van der Waals surface area contributed by atoms with Crippen LogP contribution in [-0.4, -0.2) is 43.9 Å². The number of hydrogen-bond acceptors (Lipinski definition) is 5. The van der Waals surface area contributed by atoms with Crippen LogP contribution in [0.1, 0.15) is 19.3 Å². The van der Waals surface area contributed by atoms with Gasteiger partial charge in [-0.05, 0) is 24.3 Å². The van der Waals surface area contributed by atoms with Crippen LogP contribution in [0, 0.1) is 5.41 Å². The third kappa shape index (κ3) is 3.11. The zero-order valence-corrected chi connectivity index (χ0v) is 13.6. The molecule has 0 unspecified atom stereocenters. The number of nitrogens with zero attached hydrogens (tertiary/aromatic N) is 2. The lowest BCUT2D eigenvalue weighted by atomic mass is 9.65. The van der Waals surface area contributed by atoms with Crippen molar-refractivity contribution in [3.8, 4) is 5.88 Å². The smallest absolute Gasteiger partial charge is 0.244 e. The summed E-state index contributed by atoms with van der Waals surface area (Å²) in [6, 6.07) is 2.93. The van der Waals surface area contributed by atoms with Gasteiger partial charge in [0.05, 0.1) is 12.5 Å². The molecule has 0 atom stereocenters. The Kier molecular flexibility index (Phi) is 4.39. The Morgan fingerprint density at radius 1 is 1.43 bits per heavy atom. The van der Waals surface area contributed by atoms with Crippen LogP contribution in [0.5, 0.6) is 5.88 Å². The number of hydrogen-bond donors (Lipinski definition) is 1. The molecule has 0 aromatic carbocycles. The second-order valence-electron chi connectivity index (χ2n) is 6.22. The second-order valence-corrected chi connectivity index (χ2v) is 8.16. The SMILES string of the molecule is NC/C(=C\F)COc1ccc(S(=O)(=O)N2CC3(CCC3)C2)cn1. The zero-order chi connectivity index (χ0) is 16.5. The molecule has 2 heterocycles. The van der Waals surface area contributed by atoms with Crippen LogP contribution in [0.2, 0.25) is 0 Å². The maximum absolute atomic E-state index is 12.5. The van der Waals surface area contributed by atoms with Crippen molar-refractivity contribution in [3.05, 3.63) is 30.2 Å². The molecule has 8 heteroatoms. The average molecular weight is 341 g/mol. The minimum atomic E-state index is -3.48. The first-order valence-electron chi connectivity index (χ1n) is 7.56. The summed E-state index contributed by atoms with van der Waals surface area (Å²) in [4.78, 5) is 4.13. The van der Waals surface area contributed by atoms with Gasteiger partial charge in [-0.1, -0.05) is 6.42 Å². The fourth-order valence-electron chi connectivity index (χ4n) is 2.92. The normalized spacial score (nSPS) is 20.9. The van der Waals surface area contributed by atoms with Gasteiger partial charge >= 0.3 is 0 Å². The minimum Gasteiger partial charge on any atom is -0.473 e. The quantitative estimate of drug-likeness (QED) is 0.846. The Morgan fingerprint density at radius 3 is 2.65 bits per heavy atom. The predicted octanol–water partition coefficient (Wildman–Crippen LogP) is 1.45. The lowest BCUT2D eigenvalue weighted by molar-refractivity contribution is -0.00795. The van der Waals surface area contributed by atoms with Crippen LogP contribution in [0.4, 0.5) is 4.39 Å². The molecule has 2 fully saturated rings. The summed E-state index contributed by atoms with van der Waals surface area (Å²) < 4.78 is 44.1. The van der Waals surface area contributed by atoms with E-state index in [0.29, 0.717) is 25.0 Å². The van der Waals surface area contributed by atoms with Gasteiger partial charge < -0.3 is 10.5 Å². The number of aromatic nitrogens is 1. The summed E-state index contributed by atoms with van der Waals surface area (Å²) in [6.45, 7) is 1.25. The van der Waals surface area contributed by atoms with E-state index >= 15 is 0 Å². The van der Waals surface area contributed by atoms with Crippen molar-refractivity contribution in [3.63, 3.8) is 0 Å². The van der Waals surface area contributed by atoms with Crippen LogP contribution < -0.4 is 10.5 Å². The van der Waals surface area contributed by atoms with Crippen LogP contribution >= 0.6 is 0 Å². The van der Waals surface area contributed by atoms with Gasteiger partial charge in [0.25, 0.3) is 0 Å². The number of ether oxygens (including phenoxy) is 1. The molecule has 0 bridgehead atoms. The minimum absolute atomic E-state index is 0.0132. The molecule has 3 rings (SSSR count). The Labute approximate surface area is 135 Å². The van der Waals surface area contributed by atoms with E-state index in [9.17, 15) is 12.8 Å². The highest BCUT2D eigenvalue weighted by atomic mass is 32.2. The first kappa shape index (κ1) is 16.4. The highest BCUT2D eigenvalue weighted by Crippen LogP contribution is 2.49. The summed E-state index contributed by atoms with van der Waals surface area (Å²) in [6.07, 6.45) is 5.11. The largest absolute Gasteiger partial charge is 0.473 e. The highest BCUT2D eigenvalue weighted by Gasteiger charge is 2.51. The lowest BCUT2D eigenvalue weighted by Gasteiger charge is -2.54. The van der Waals surface area contributed by atoms with Gasteiger partial charge in [-0.3, -0.25) is 0 Å². The van der Waals surface area contributed by atoms with E-state index in [0.717, 1.165) is 12.8 Å². The second kappa shape index (κ2) is 6.18. The first-order chi connectivity index (χ1) is 11.0. The molecule has 1 aliphatic heterocycles. The van der Waals surface area contributed by atoms with E-state index in [4.69, 9.17) is 10.5 Å². The molecule has 23 heavy (non-hydrogen) atoms. The molecular formula is C15H20FN3O3S. The Hall–Kier alpha value is -1.51. The highest BCUT2D eigenvalue weighted by molar-refractivity contribution is 7.89. The fourth-order valence-corrected chi connectivity index (χ4v) is 4.53. The van der Waals surface area contributed by atoms with Crippen LogP contribution in [0.25, 0.3) is 0 Å². The van der Waals surface area contributed by atoms with E-state index in [1.54, 1.807) is 0 Å². The van der Waals surface area contributed by atoms with Gasteiger partial charge in [0, 0.05) is 31.3 Å². The van der Waals surface area contributed by atoms with Crippen LogP contribution in [0.15, 0.2) is 35.1 Å². The van der Waals surface area contributed by atoms with E-state index in [2.05, 4.69) is 4.98 Å². The fraction of sp³-hybridized carbons (Fsp3) is 0.533. The van der Waals surface area contributed by atoms with Gasteiger partial charge in [0.15, 0.2) is 0 Å². The third-order valence-corrected chi connectivity index (χ3v) is 6.38. The molecule has 2 aliphatic rings. The summed E-state index contributed by atoms with van der Waals surface area (Å²) in [5.74, 6) is 0.232. The van der Waals surface area contributed by atoms with E-state index in [1.807, 2.05) is 0 Å². The molecule has 1 aromatic heterocycles. The summed E-state index contributed by atoms with van der Waals surface area (Å²) >= 11 is 0. The van der Waals surface area contributed by atoms with Gasteiger partial charge in [0.1, 0.15) is 11.5 Å². The average Bonchev–Trinajstić information content (AvgIpc) is 2.45. The van der Waals surface area contributed by atoms with Gasteiger partial charge in [0.2, 0.25) is 15.9 Å². The van der Waals surface area contributed by atoms with Crippen LogP contribution in [0.3, 0.4) is 0 Å². The summed E-state index contributed by atoms with van der Waals surface area (Å²) in [5.41, 5.74) is 5.87. The molecule has 2 N–H and O–H groups in total. The monoisotopic (exact) mass is 341 g/mol. The molecule has 1 saturated heterocycles. The Morgan fingerprint density at radius 2 is 2.17 bits per heavy atom. The molecular weight excluding hydrogens is 321 g/mol. The van der Waals surface area contributed by atoms with Crippen molar-refractivity contribution in [2.45, 2.75) is 24.2 Å². The number of pyridine rings is 1. The van der Waals surface area contributed by atoms with Crippen LogP contribution in [-0.2, 0) is 10.0 Å². The topological polar surface area (TPSA) is 85.5 Å². The summed E-state index contributed by atoms with van der Waals surface area (Å²) in [5, 5.41) is 0. The number of sulfonamides is 1. The number of rotatable bonds is 6. The van der Waals surface area contributed by atoms with Crippen molar-refractivity contribution in [2.75, 3.05) is 26.2 Å². The van der Waals surface area contributed by atoms with E-state index in [1.165, 1.54) is 29.1 Å².